The van der Waals surface area contributed by atoms with Gasteiger partial charge in [-0.05, 0) is 13.0 Å². The Morgan fingerprint density at radius 3 is 3.08 bits per heavy atom. The molecule has 4 heteroatoms. The van der Waals surface area contributed by atoms with Gasteiger partial charge in [-0.2, -0.15) is 0 Å². The van der Waals surface area contributed by atoms with Crippen molar-refractivity contribution >= 4 is 11.4 Å². The Morgan fingerprint density at radius 2 is 2.38 bits per heavy atom. The minimum Gasteiger partial charge on any atom is -0.382 e. The van der Waals surface area contributed by atoms with Crippen molar-refractivity contribution in [3.05, 3.63) is 33.9 Å². The van der Waals surface area contributed by atoms with Crippen LogP contribution in [-0.2, 0) is 6.42 Å². The van der Waals surface area contributed by atoms with Crippen molar-refractivity contribution in [3.8, 4) is 0 Å². The highest BCUT2D eigenvalue weighted by Gasteiger charge is 2.24. The topological polar surface area (TPSA) is 55.2 Å². The third kappa shape index (κ3) is 1.24. The van der Waals surface area contributed by atoms with Crippen LogP contribution in [0.25, 0.3) is 0 Å². The van der Waals surface area contributed by atoms with E-state index in [2.05, 4.69) is 5.32 Å². The first kappa shape index (κ1) is 8.04. The van der Waals surface area contributed by atoms with Crippen molar-refractivity contribution in [3.63, 3.8) is 0 Å². The molecule has 2 rings (SSSR count). The molecule has 13 heavy (non-hydrogen) atoms. The Kier molecular flexibility index (Phi) is 1.69. The quantitative estimate of drug-likeness (QED) is 0.528. The standard InChI is InChI=1S/C9H10N2O2/c1-6-5-7-8(10-6)3-2-4-9(7)11(12)13/h2-4,6,10H,5H2,1H3/t6-/m0/s1. The van der Waals surface area contributed by atoms with Gasteiger partial charge >= 0.3 is 0 Å². The maximum atomic E-state index is 10.6. The highest BCUT2D eigenvalue weighted by molar-refractivity contribution is 5.64. The fourth-order valence-electron chi connectivity index (χ4n) is 1.72. The molecule has 0 spiro atoms. The van der Waals surface area contributed by atoms with Gasteiger partial charge in [-0.1, -0.05) is 6.07 Å². The van der Waals surface area contributed by atoms with Crippen molar-refractivity contribution in [2.45, 2.75) is 19.4 Å². The van der Waals surface area contributed by atoms with Crippen molar-refractivity contribution in [1.82, 2.24) is 0 Å². The van der Waals surface area contributed by atoms with Gasteiger partial charge in [0.05, 0.1) is 10.5 Å². The van der Waals surface area contributed by atoms with E-state index < -0.39 is 0 Å². The third-order valence-electron chi connectivity index (χ3n) is 2.26. The summed E-state index contributed by atoms with van der Waals surface area (Å²) in [6, 6.07) is 5.45. The van der Waals surface area contributed by atoms with Gasteiger partial charge in [-0.15, -0.1) is 0 Å². The fraction of sp³-hybridized carbons (Fsp3) is 0.333. The zero-order valence-corrected chi connectivity index (χ0v) is 7.28. The summed E-state index contributed by atoms with van der Waals surface area (Å²) in [6.07, 6.45) is 0.743. The van der Waals surface area contributed by atoms with E-state index in [1.165, 1.54) is 0 Å². The molecule has 1 aliphatic rings. The lowest BCUT2D eigenvalue weighted by atomic mass is 10.1. The number of fused-ring (bicyclic) bond motifs is 1. The largest absolute Gasteiger partial charge is 0.382 e. The second-order valence-corrected chi connectivity index (χ2v) is 3.31. The molecule has 0 unspecified atom stereocenters. The molecule has 0 aromatic heterocycles. The van der Waals surface area contributed by atoms with Gasteiger partial charge in [0.15, 0.2) is 0 Å². The Morgan fingerprint density at radius 1 is 1.62 bits per heavy atom. The molecule has 0 fully saturated rings. The summed E-state index contributed by atoms with van der Waals surface area (Å²) in [5, 5.41) is 13.8. The van der Waals surface area contributed by atoms with Gasteiger partial charge in [-0.25, -0.2) is 0 Å². The summed E-state index contributed by atoms with van der Waals surface area (Å²) in [5.74, 6) is 0. The second kappa shape index (κ2) is 2.73. The van der Waals surface area contributed by atoms with Crippen LogP contribution in [0, 0.1) is 10.1 Å². The SMILES string of the molecule is C[C@H]1Cc2c(cccc2[N+](=O)[O-])N1. The third-order valence-corrected chi connectivity index (χ3v) is 2.26. The predicted octanol–water partition coefficient (Wildman–Crippen LogP) is 1.95. The molecule has 1 atom stereocenters. The summed E-state index contributed by atoms with van der Waals surface area (Å²) >= 11 is 0. The number of nitro groups is 1. The maximum absolute atomic E-state index is 10.6. The summed E-state index contributed by atoms with van der Waals surface area (Å²) in [6.45, 7) is 2.02. The first-order valence-electron chi connectivity index (χ1n) is 4.21. The van der Waals surface area contributed by atoms with E-state index in [0.717, 1.165) is 17.7 Å². The predicted molar refractivity (Wildman–Crippen MR) is 49.9 cm³/mol. The van der Waals surface area contributed by atoms with Crippen molar-refractivity contribution in [2.24, 2.45) is 0 Å². The van der Waals surface area contributed by atoms with Crippen LogP contribution < -0.4 is 5.32 Å². The van der Waals surface area contributed by atoms with Crippen LogP contribution in [0.15, 0.2) is 18.2 Å². The van der Waals surface area contributed by atoms with Gasteiger partial charge in [0.2, 0.25) is 0 Å². The summed E-state index contributed by atoms with van der Waals surface area (Å²) in [7, 11) is 0. The molecule has 0 saturated carbocycles. The van der Waals surface area contributed by atoms with Crippen molar-refractivity contribution in [1.29, 1.82) is 0 Å². The van der Waals surface area contributed by atoms with Gasteiger partial charge in [-0.3, -0.25) is 10.1 Å². The van der Waals surface area contributed by atoms with Crippen LogP contribution in [0.1, 0.15) is 12.5 Å². The lowest BCUT2D eigenvalue weighted by Gasteiger charge is -2.00. The Hall–Kier alpha value is -1.58. The molecular formula is C9H10N2O2. The summed E-state index contributed by atoms with van der Waals surface area (Å²) < 4.78 is 0. The molecule has 0 saturated heterocycles. The first-order chi connectivity index (χ1) is 6.18. The van der Waals surface area contributed by atoms with Crippen LogP contribution in [0.5, 0.6) is 0 Å². The molecule has 1 N–H and O–H groups in total. The smallest absolute Gasteiger partial charge is 0.274 e. The molecule has 1 aromatic rings. The van der Waals surface area contributed by atoms with Crippen molar-refractivity contribution < 1.29 is 4.92 Å². The number of hydrogen-bond acceptors (Lipinski definition) is 3. The molecule has 1 aromatic carbocycles. The molecule has 1 aliphatic heterocycles. The fourth-order valence-corrected chi connectivity index (χ4v) is 1.72. The lowest BCUT2D eigenvalue weighted by molar-refractivity contribution is -0.385. The van der Waals surface area contributed by atoms with Crippen LogP contribution in [0.3, 0.4) is 0 Å². The normalized spacial score (nSPS) is 19.3. The number of rotatable bonds is 1. The van der Waals surface area contributed by atoms with Gasteiger partial charge < -0.3 is 5.32 Å². The van der Waals surface area contributed by atoms with E-state index in [0.29, 0.717) is 6.04 Å². The van der Waals surface area contributed by atoms with E-state index >= 15 is 0 Å². The molecule has 0 amide bonds. The number of nitrogens with zero attached hydrogens (tertiary/aromatic N) is 1. The molecule has 0 bridgehead atoms. The number of anilines is 1. The average molecular weight is 178 g/mol. The van der Waals surface area contributed by atoms with E-state index in [4.69, 9.17) is 0 Å². The average Bonchev–Trinajstić information content (AvgIpc) is 2.43. The molecule has 1 heterocycles. The number of hydrogen-bond donors (Lipinski definition) is 1. The zero-order valence-electron chi connectivity index (χ0n) is 7.28. The van der Waals surface area contributed by atoms with Crippen LogP contribution >= 0.6 is 0 Å². The van der Waals surface area contributed by atoms with Crippen LogP contribution in [0.4, 0.5) is 11.4 Å². The van der Waals surface area contributed by atoms with Crippen molar-refractivity contribution in [2.75, 3.05) is 5.32 Å². The van der Waals surface area contributed by atoms with Gasteiger partial charge in [0.1, 0.15) is 0 Å². The first-order valence-corrected chi connectivity index (χ1v) is 4.21. The van der Waals surface area contributed by atoms with E-state index in [-0.39, 0.29) is 10.6 Å². The van der Waals surface area contributed by atoms with Gasteiger partial charge in [0, 0.05) is 24.2 Å². The second-order valence-electron chi connectivity index (χ2n) is 3.31. The van der Waals surface area contributed by atoms with E-state index in [9.17, 15) is 10.1 Å². The zero-order chi connectivity index (χ0) is 9.42. The molecule has 0 aliphatic carbocycles. The highest BCUT2D eigenvalue weighted by atomic mass is 16.6. The number of nitro benzene ring substituents is 1. The highest BCUT2D eigenvalue weighted by Crippen LogP contribution is 2.32. The molecule has 0 radical (unpaired) electrons. The molecular weight excluding hydrogens is 168 g/mol. The minimum atomic E-state index is -0.321. The maximum Gasteiger partial charge on any atom is 0.274 e. The van der Waals surface area contributed by atoms with E-state index in [1.54, 1.807) is 12.1 Å². The Bertz CT molecular complexity index is 363. The summed E-state index contributed by atoms with van der Waals surface area (Å²) in [4.78, 5) is 10.3. The molecule has 4 nitrogen and oxygen atoms in total. The summed E-state index contributed by atoms with van der Waals surface area (Å²) in [5.41, 5.74) is 1.97. The van der Waals surface area contributed by atoms with Crippen LogP contribution in [0.2, 0.25) is 0 Å². The monoisotopic (exact) mass is 178 g/mol. The van der Waals surface area contributed by atoms with E-state index in [1.807, 2.05) is 13.0 Å². The minimum absolute atomic E-state index is 0.231. The van der Waals surface area contributed by atoms with Crippen LogP contribution in [-0.4, -0.2) is 11.0 Å². The number of nitrogens with one attached hydrogen (secondary N) is 1. The van der Waals surface area contributed by atoms with Gasteiger partial charge in [0.25, 0.3) is 5.69 Å². The number of benzene rings is 1. The Labute approximate surface area is 75.7 Å². The molecule has 68 valence electrons. The lowest BCUT2D eigenvalue weighted by Crippen LogP contribution is -2.08. The Balaban J connectivity index is 2.51.